The molecule has 1 saturated heterocycles. The van der Waals surface area contributed by atoms with Crippen LogP contribution in [0.3, 0.4) is 0 Å². The number of benzene rings is 1. The van der Waals surface area contributed by atoms with E-state index in [1.54, 1.807) is 4.90 Å². The van der Waals surface area contributed by atoms with Crippen LogP contribution in [0.5, 0.6) is 0 Å². The molecule has 2 amide bonds. The molecular weight excluding hydrogens is 346 g/mol. The molecule has 120 valence electrons. The van der Waals surface area contributed by atoms with Gasteiger partial charge in [0.25, 0.3) is 0 Å². The van der Waals surface area contributed by atoms with E-state index < -0.39 is 0 Å². The number of hydrogen-bond acceptors (Lipinski definition) is 3. The van der Waals surface area contributed by atoms with Crippen molar-refractivity contribution >= 4 is 27.7 Å². The normalized spacial score (nSPS) is 18.8. The summed E-state index contributed by atoms with van der Waals surface area (Å²) in [7, 11) is 1.84. The average Bonchev–Trinajstić information content (AvgIpc) is 3.00. The second kappa shape index (κ2) is 7.74. The minimum absolute atomic E-state index is 0.0513. The second-order valence-corrected chi connectivity index (χ2v) is 6.58. The number of rotatable bonds is 5. The number of likely N-dealkylation sites (N-methyl/N-ethyl adjacent to an activating group) is 1. The van der Waals surface area contributed by atoms with E-state index >= 15 is 0 Å². The van der Waals surface area contributed by atoms with Crippen molar-refractivity contribution in [2.75, 3.05) is 20.1 Å². The van der Waals surface area contributed by atoms with E-state index in [0.29, 0.717) is 0 Å². The third-order valence-electron chi connectivity index (χ3n) is 4.00. The lowest BCUT2D eigenvalue weighted by Crippen LogP contribution is -2.40. The average molecular weight is 368 g/mol. The molecule has 1 heterocycles. The topological polar surface area (TPSA) is 61.4 Å². The number of carbonyl (C=O) groups excluding carboxylic acids is 2. The Kier molecular flexibility index (Phi) is 5.97. The molecule has 0 aromatic heterocycles. The van der Waals surface area contributed by atoms with Gasteiger partial charge in [0.2, 0.25) is 11.8 Å². The first-order valence-corrected chi connectivity index (χ1v) is 8.25. The van der Waals surface area contributed by atoms with Gasteiger partial charge >= 0.3 is 0 Å². The van der Waals surface area contributed by atoms with Crippen molar-refractivity contribution in [2.24, 2.45) is 0 Å². The van der Waals surface area contributed by atoms with Gasteiger partial charge in [-0.1, -0.05) is 28.1 Å². The zero-order chi connectivity index (χ0) is 16.1. The fourth-order valence-corrected chi connectivity index (χ4v) is 2.95. The summed E-state index contributed by atoms with van der Waals surface area (Å²) in [4.78, 5) is 25.7. The molecule has 0 bridgehead atoms. The van der Waals surface area contributed by atoms with Crippen molar-refractivity contribution in [3.8, 4) is 0 Å². The largest absolute Gasteiger partial charge is 0.349 e. The molecule has 1 aliphatic heterocycles. The highest BCUT2D eigenvalue weighted by Crippen LogP contribution is 2.21. The van der Waals surface area contributed by atoms with E-state index in [-0.39, 0.29) is 30.3 Å². The summed E-state index contributed by atoms with van der Waals surface area (Å²) in [5.74, 6) is -0.0822. The Morgan fingerprint density at radius 2 is 2.09 bits per heavy atom. The van der Waals surface area contributed by atoms with Crippen LogP contribution in [0.1, 0.15) is 31.4 Å². The molecule has 0 saturated carbocycles. The summed E-state index contributed by atoms with van der Waals surface area (Å²) in [6, 6.07) is 7.63. The van der Waals surface area contributed by atoms with Crippen LogP contribution in [0.25, 0.3) is 0 Å². The molecule has 1 fully saturated rings. The molecule has 22 heavy (non-hydrogen) atoms. The zero-order valence-corrected chi connectivity index (χ0v) is 14.5. The van der Waals surface area contributed by atoms with Gasteiger partial charge in [0.05, 0.1) is 12.5 Å². The SMILES string of the molecule is CC(=O)NC(CC(=O)N(C)C1CCNC1)c1ccc(Br)cc1. The Morgan fingerprint density at radius 1 is 1.41 bits per heavy atom. The highest BCUT2D eigenvalue weighted by atomic mass is 79.9. The maximum atomic E-state index is 12.5. The highest BCUT2D eigenvalue weighted by Gasteiger charge is 2.26. The van der Waals surface area contributed by atoms with Gasteiger partial charge in [0.15, 0.2) is 0 Å². The molecule has 0 radical (unpaired) electrons. The van der Waals surface area contributed by atoms with Gasteiger partial charge in [-0.05, 0) is 30.7 Å². The number of hydrogen-bond donors (Lipinski definition) is 2. The Bertz CT molecular complexity index is 527. The maximum absolute atomic E-state index is 12.5. The minimum atomic E-state index is -0.296. The maximum Gasteiger partial charge on any atom is 0.225 e. The summed E-state index contributed by atoms with van der Waals surface area (Å²) < 4.78 is 0.971. The van der Waals surface area contributed by atoms with Gasteiger partial charge in [-0.2, -0.15) is 0 Å². The number of nitrogens with one attached hydrogen (secondary N) is 2. The van der Waals surface area contributed by atoms with Crippen LogP contribution >= 0.6 is 15.9 Å². The molecular formula is C16H22BrN3O2. The van der Waals surface area contributed by atoms with Crippen molar-refractivity contribution in [3.05, 3.63) is 34.3 Å². The molecule has 2 rings (SSSR count). The molecule has 2 atom stereocenters. The lowest BCUT2D eigenvalue weighted by atomic mass is 10.0. The van der Waals surface area contributed by atoms with Crippen molar-refractivity contribution in [3.63, 3.8) is 0 Å². The van der Waals surface area contributed by atoms with Gasteiger partial charge in [0.1, 0.15) is 0 Å². The lowest BCUT2D eigenvalue weighted by Gasteiger charge is -2.26. The van der Waals surface area contributed by atoms with E-state index in [9.17, 15) is 9.59 Å². The molecule has 1 aromatic rings. The van der Waals surface area contributed by atoms with E-state index in [2.05, 4.69) is 26.6 Å². The smallest absolute Gasteiger partial charge is 0.225 e. The first-order valence-electron chi connectivity index (χ1n) is 7.46. The molecule has 0 spiro atoms. The zero-order valence-electron chi connectivity index (χ0n) is 12.9. The van der Waals surface area contributed by atoms with E-state index in [1.165, 1.54) is 6.92 Å². The van der Waals surface area contributed by atoms with Crippen LogP contribution in [-0.4, -0.2) is 42.9 Å². The molecule has 1 aliphatic rings. The van der Waals surface area contributed by atoms with Crippen LogP contribution < -0.4 is 10.6 Å². The summed E-state index contributed by atoms with van der Waals surface area (Å²) in [5, 5.41) is 6.14. The second-order valence-electron chi connectivity index (χ2n) is 5.66. The standard InChI is InChI=1S/C16H22BrN3O2/c1-11(21)19-15(12-3-5-13(17)6-4-12)9-16(22)20(2)14-7-8-18-10-14/h3-6,14-15,18H,7-10H2,1-2H3,(H,19,21). The predicted octanol–water partition coefficient (Wildman–Crippen LogP) is 1.84. The fourth-order valence-electron chi connectivity index (χ4n) is 2.68. The molecule has 5 nitrogen and oxygen atoms in total. The van der Waals surface area contributed by atoms with E-state index in [1.807, 2.05) is 31.3 Å². The Labute approximate surface area is 139 Å². The summed E-state index contributed by atoms with van der Waals surface area (Å²) >= 11 is 3.39. The predicted molar refractivity (Wildman–Crippen MR) is 89.4 cm³/mol. The van der Waals surface area contributed by atoms with Crippen molar-refractivity contribution in [1.29, 1.82) is 0 Å². The fraction of sp³-hybridized carbons (Fsp3) is 0.500. The number of carbonyl (C=O) groups is 2. The monoisotopic (exact) mass is 367 g/mol. The van der Waals surface area contributed by atoms with Gasteiger partial charge in [-0.15, -0.1) is 0 Å². The van der Waals surface area contributed by atoms with Crippen LogP contribution in [0.4, 0.5) is 0 Å². The van der Waals surface area contributed by atoms with Crippen molar-refractivity contribution in [1.82, 2.24) is 15.5 Å². The number of nitrogens with zero attached hydrogens (tertiary/aromatic N) is 1. The quantitative estimate of drug-likeness (QED) is 0.834. The number of amides is 2. The highest BCUT2D eigenvalue weighted by molar-refractivity contribution is 9.10. The van der Waals surface area contributed by atoms with Gasteiger partial charge in [-0.3, -0.25) is 9.59 Å². The van der Waals surface area contributed by atoms with Crippen molar-refractivity contribution < 1.29 is 9.59 Å². The van der Waals surface area contributed by atoms with Gasteiger partial charge in [-0.25, -0.2) is 0 Å². The summed E-state index contributed by atoms with van der Waals surface area (Å²) in [5.41, 5.74) is 0.935. The van der Waals surface area contributed by atoms with Gasteiger partial charge in [0, 0.05) is 31.0 Å². The number of halogens is 1. The van der Waals surface area contributed by atoms with Crippen LogP contribution in [0.2, 0.25) is 0 Å². The van der Waals surface area contributed by atoms with Crippen LogP contribution in [0.15, 0.2) is 28.7 Å². The molecule has 6 heteroatoms. The Balaban J connectivity index is 2.06. The minimum Gasteiger partial charge on any atom is -0.349 e. The van der Waals surface area contributed by atoms with E-state index in [4.69, 9.17) is 0 Å². The molecule has 1 aromatic carbocycles. The molecule has 2 unspecified atom stereocenters. The van der Waals surface area contributed by atoms with E-state index in [0.717, 1.165) is 29.5 Å². The first-order chi connectivity index (χ1) is 10.5. The third-order valence-corrected chi connectivity index (χ3v) is 4.53. The Hall–Kier alpha value is -1.40. The molecule has 0 aliphatic carbocycles. The third kappa shape index (κ3) is 4.55. The lowest BCUT2D eigenvalue weighted by molar-refractivity contribution is -0.132. The Morgan fingerprint density at radius 3 is 2.64 bits per heavy atom. The summed E-state index contributed by atoms with van der Waals surface area (Å²) in [6.45, 7) is 3.26. The van der Waals surface area contributed by atoms with Crippen LogP contribution in [-0.2, 0) is 9.59 Å². The van der Waals surface area contributed by atoms with Crippen molar-refractivity contribution in [2.45, 2.75) is 31.8 Å². The molecule has 2 N–H and O–H groups in total. The summed E-state index contributed by atoms with van der Waals surface area (Å²) in [6.07, 6.45) is 1.25. The first kappa shape index (κ1) is 17.0. The van der Waals surface area contributed by atoms with Crippen LogP contribution in [0, 0.1) is 0 Å². The van der Waals surface area contributed by atoms with Gasteiger partial charge < -0.3 is 15.5 Å².